The number of anilines is 1. The molecule has 0 radical (unpaired) electrons. The Balaban J connectivity index is 3.41. The van der Waals surface area contributed by atoms with Crippen LogP contribution in [-0.4, -0.2) is 12.0 Å². The maximum atomic E-state index is 10.6. The molecule has 0 atom stereocenters. The fraction of sp³-hybridized carbons (Fsp3) is 0.143. The van der Waals surface area contributed by atoms with E-state index < -0.39 is 4.92 Å². The molecule has 1 aromatic rings. The summed E-state index contributed by atoms with van der Waals surface area (Å²) < 4.78 is 0.297. The second-order valence-corrected chi connectivity index (χ2v) is 3.46. The highest BCUT2D eigenvalue weighted by atomic mass is 79.9. The molecule has 0 spiro atoms. The molecule has 1 rings (SSSR count). The van der Waals surface area contributed by atoms with E-state index in [1.165, 1.54) is 0 Å². The maximum absolute atomic E-state index is 10.6. The Morgan fingerprint density at radius 1 is 1.62 bits per heavy atom. The van der Waals surface area contributed by atoms with Crippen molar-refractivity contribution < 1.29 is 4.92 Å². The summed E-state index contributed by atoms with van der Waals surface area (Å²) in [7, 11) is 1.61. The number of nitro groups is 1. The molecule has 1 N–H and O–H groups in total. The van der Waals surface area contributed by atoms with Gasteiger partial charge in [-0.2, -0.15) is 0 Å². The standard InChI is InChI=1S/C7H6BrClN2O2/c1-10-5-3-2-4(9)6(8)7(5)11(12)13/h2-3,10H,1H3. The van der Waals surface area contributed by atoms with Crippen molar-refractivity contribution in [3.8, 4) is 0 Å². The minimum Gasteiger partial charge on any atom is -0.383 e. The van der Waals surface area contributed by atoms with Gasteiger partial charge in [0.1, 0.15) is 10.2 Å². The summed E-state index contributed by atoms with van der Waals surface area (Å²) in [5.74, 6) is 0. The van der Waals surface area contributed by atoms with Crippen LogP contribution >= 0.6 is 27.5 Å². The second-order valence-electron chi connectivity index (χ2n) is 2.26. The van der Waals surface area contributed by atoms with Gasteiger partial charge in [-0.05, 0) is 28.1 Å². The predicted octanol–water partition coefficient (Wildman–Crippen LogP) is 3.05. The Bertz CT molecular complexity index is 357. The predicted molar refractivity (Wildman–Crippen MR) is 55.4 cm³/mol. The first kappa shape index (κ1) is 10.3. The molecule has 0 aliphatic heterocycles. The second kappa shape index (κ2) is 3.93. The largest absolute Gasteiger partial charge is 0.383 e. The van der Waals surface area contributed by atoms with Gasteiger partial charge in [-0.3, -0.25) is 10.1 Å². The minimum absolute atomic E-state index is 0.0463. The van der Waals surface area contributed by atoms with Crippen molar-refractivity contribution in [1.29, 1.82) is 0 Å². The molecule has 0 unspecified atom stereocenters. The van der Waals surface area contributed by atoms with Crippen LogP contribution in [0, 0.1) is 10.1 Å². The van der Waals surface area contributed by atoms with Gasteiger partial charge in [0.05, 0.1) is 9.95 Å². The number of benzene rings is 1. The van der Waals surface area contributed by atoms with Crippen molar-refractivity contribution in [2.24, 2.45) is 0 Å². The molecule has 0 saturated carbocycles. The van der Waals surface area contributed by atoms with E-state index in [-0.39, 0.29) is 5.69 Å². The van der Waals surface area contributed by atoms with Crippen molar-refractivity contribution in [2.75, 3.05) is 12.4 Å². The molecule has 6 heteroatoms. The third-order valence-electron chi connectivity index (χ3n) is 1.52. The van der Waals surface area contributed by atoms with E-state index in [1.54, 1.807) is 19.2 Å². The molecular formula is C7H6BrClN2O2. The molecule has 0 fully saturated rings. The molecule has 0 saturated heterocycles. The van der Waals surface area contributed by atoms with Crippen LogP contribution in [0.2, 0.25) is 5.02 Å². The lowest BCUT2D eigenvalue weighted by atomic mass is 10.3. The Labute approximate surface area is 88.2 Å². The Morgan fingerprint density at radius 3 is 2.69 bits per heavy atom. The number of nitrogens with one attached hydrogen (secondary N) is 1. The van der Waals surface area contributed by atoms with Gasteiger partial charge in [-0.1, -0.05) is 11.6 Å². The molecule has 0 bridgehead atoms. The van der Waals surface area contributed by atoms with E-state index >= 15 is 0 Å². The Morgan fingerprint density at radius 2 is 2.23 bits per heavy atom. The lowest BCUT2D eigenvalue weighted by Crippen LogP contribution is -1.97. The van der Waals surface area contributed by atoms with E-state index in [0.717, 1.165) is 0 Å². The lowest BCUT2D eigenvalue weighted by Gasteiger charge is -2.04. The number of nitro benzene ring substituents is 1. The number of nitrogens with zero attached hydrogens (tertiary/aromatic N) is 1. The summed E-state index contributed by atoms with van der Waals surface area (Å²) in [6, 6.07) is 3.15. The molecule has 0 amide bonds. The van der Waals surface area contributed by atoms with Gasteiger partial charge in [-0.15, -0.1) is 0 Å². The summed E-state index contributed by atoms with van der Waals surface area (Å²) >= 11 is 8.77. The summed E-state index contributed by atoms with van der Waals surface area (Å²) in [6.07, 6.45) is 0. The van der Waals surface area contributed by atoms with Crippen LogP contribution in [0.25, 0.3) is 0 Å². The molecule has 0 heterocycles. The third-order valence-corrected chi connectivity index (χ3v) is 2.87. The van der Waals surface area contributed by atoms with Gasteiger partial charge >= 0.3 is 5.69 Å². The molecule has 0 aliphatic rings. The fourth-order valence-electron chi connectivity index (χ4n) is 0.920. The molecule has 13 heavy (non-hydrogen) atoms. The van der Waals surface area contributed by atoms with E-state index in [4.69, 9.17) is 11.6 Å². The summed E-state index contributed by atoms with van der Waals surface area (Å²) in [4.78, 5) is 10.1. The van der Waals surface area contributed by atoms with Crippen LogP contribution in [0.5, 0.6) is 0 Å². The van der Waals surface area contributed by atoms with Crippen LogP contribution < -0.4 is 5.32 Å². The van der Waals surface area contributed by atoms with Crippen LogP contribution in [0.1, 0.15) is 0 Å². The maximum Gasteiger partial charge on any atom is 0.307 e. The summed E-state index contributed by atoms with van der Waals surface area (Å²) in [5, 5.41) is 13.7. The molecule has 4 nitrogen and oxygen atoms in total. The minimum atomic E-state index is -0.484. The third kappa shape index (κ3) is 1.92. The first-order chi connectivity index (χ1) is 6.07. The fourth-order valence-corrected chi connectivity index (χ4v) is 1.56. The van der Waals surface area contributed by atoms with Crippen molar-refractivity contribution in [1.82, 2.24) is 0 Å². The number of halogens is 2. The molecule has 0 aliphatic carbocycles. The zero-order valence-electron chi connectivity index (χ0n) is 6.67. The van der Waals surface area contributed by atoms with Crippen molar-refractivity contribution in [2.45, 2.75) is 0 Å². The highest BCUT2D eigenvalue weighted by molar-refractivity contribution is 9.10. The van der Waals surface area contributed by atoms with Gasteiger partial charge in [0.2, 0.25) is 0 Å². The average molecular weight is 265 g/mol. The normalized spacial score (nSPS) is 9.77. The monoisotopic (exact) mass is 264 g/mol. The van der Waals surface area contributed by atoms with Crippen molar-refractivity contribution in [3.05, 3.63) is 31.7 Å². The Kier molecular flexibility index (Phi) is 3.11. The number of hydrogen-bond donors (Lipinski definition) is 1. The Hall–Kier alpha value is -0.810. The highest BCUT2D eigenvalue weighted by Crippen LogP contribution is 2.37. The quantitative estimate of drug-likeness (QED) is 0.660. The van der Waals surface area contributed by atoms with Gasteiger partial charge in [-0.25, -0.2) is 0 Å². The van der Waals surface area contributed by atoms with Crippen LogP contribution in [0.15, 0.2) is 16.6 Å². The molecule has 0 aromatic heterocycles. The van der Waals surface area contributed by atoms with Gasteiger partial charge in [0.25, 0.3) is 0 Å². The lowest BCUT2D eigenvalue weighted by molar-refractivity contribution is -0.384. The number of hydrogen-bond acceptors (Lipinski definition) is 3. The average Bonchev–Trinajstić information content (AvgIpc) is 2.08. The molecular weight excluding hydrogens is 259 g/mol. The molecule has 70 valence electrons. The van der Waals surface area contributed by atoms with Crippen LogP contribution in [0.4, 0.5) is 11.4 Å². The van der Waals surface area contributed by atoms with Crippen LogP contribution in [-0.2, 0) is 0 Å². The molecule has 1 aromatic carbocycles. The van der Waals surface area contributed by atoms with Crippen molar-refractivity contribution in [3.63, 3.8) is 0 Å². The van der Waals surface area contributed by atoms with Crippen LogP contribution in [0.3, 0.4) is 0 Å². The summed E-state index contributed by atoms with van der Waals surface area (Å²) in [6.45, 7) is 0. The van der Waals surface area contributed by atoms with E-state index in [1.807, 2.05) is 0 Å². The van der Waals surface area contributed by atoms with E-state index in [2.05, 4.69) is 21.2 Å². The van der Waals surface area contributed by atoms with E-state index in [9.17, 15) is 10.1 Å². The summed E-state index contributed by atoms with van der Waals surface area (Å²) in [5.41, 5.74) is 0.385. The van der Waals surface area contributed by atoms with E-state index in [0.29, 0.717) is 15.2 Å². The smallest absolute Gasteiger partial charge is 0.307 e. The van der Waals surface area contributed by atoms with Gasteiger partial charge < -0.3 is 5.32 Å². The zero-order chi connectivity index (χ0) is 10.0. The van der Waals surface area contributed by atoms with Gasteiger partial charge in [0, 0.05) is 7.05 Å². The highest BCUT2D eigenvalue weighted by Gasteiger charge is 2.19. The SMILES string of the molecule is CNc1ccc(Cl)c(Br)c1[N+](=O)[O-]. The first-order valence-corrected chi connectivity index (χ1v) is 4.55. The zero-order valence-corrected chi connectivity index (χ0v) is 9.02. The van der Waals surface area contributed by atoms with Gasteiger partial charge in [0.15, 0.2) is 0 Å². The topological polar surface area (TPSA) is 55.2 Å². The first-order valence-electron chi connectivity index (χ1n) is 3.38. The number of rotatable bonds is 2. The van der Waals surface area contributed by atoms with Crippen molar-refractivity contribution >= 4 is 38.9 Å².